The summed E-state index contributed by atoms with van der Waals surface area (Å²) in [5.74, 6) is -0.118. The second-order valence-electron chi connectivity index (χ2n) is 4.16. The minimum atomic E-state index is -0.388. The first-order chi connectivity index (χ1) is 8.76. The summed E-state index contributed by atoms with van der Waals surface area (Å²) < 4.78 is 6.67. The van der Waals surface area contributed by atoms with Crippen LogP contribution in [-0.2, 0) is 9.53 Å². The maximum atomic E-state index is 12.0. The number of amides is 1. The molecule has 1 aliphatic rings. The van der Waals surface area contributed by atoms with Crippen LogP contribution < -0.4 is 11.1 Å². The topological polar surface area (TPSA) is 77.2 Å². The third-order valence-electron chi connectivity index (χ3n) is 2.91. The average Bonchev–Trinajstić information content (AvgIpc) is 3.02. The number of anilines is 1. The number of fused-ring (bicyclic) bond motifs is 1. The molecule has 3 N–H and O–H groups in total. The van der Waals surface area contributed by atoms with Crippen molar-refractivity contribution in [3.8, 4) is 0 Å². The highest BCUT2D eigenvalue weighted by molar-refractivity contribution is 7.39. The number of nitrogens with one attached hydrogen (secondary N) is 1. The maximum absolute atomic E-state index is 12.0. The summed E-state index contributed by atoms with van der Waals surface area (Å²) in [6.45, 7) is 0.469. The number of thiophene rings is 1. The average molecular weight is 320 g/mol. The van der Waals surface area contributed by atoms with Gasteiger partial charge in [-0.3, -0.25) is 10.1 Å². The number of nitrogens with two attached hydrogens (primary N) is 1. The Balaban J connectivity index is 0.00000133. The number of hydrogen-bond donors (Lipinski definition) is 2. The Morgan fingerprint density at radius 2 is 2.42 bits per heavy atom. The van der Waals surface area contributed by atoms with E-state index >= 15 is 0 Å². The van der Waals surface area contributed by atoms with E-state index in [1.54, 1.807) is 11.3 Å². The smallest absolute Gasteiger partial charge is 0.255 e. The molecule has 19 heavy (non-hydrogen) atoms. The molecule has 2 atom stereocenters. The predicted molar refractivity (Wildman–Crippen MR) is 80.3 cm³/mol. The highest BCUT2D eigenvalue weighted by Gasteiger charge is 2.30. The zero-order valence-electron chi connectivity index (χ0n) is 10.00. The van der Waals surface area contributed by atoms with Crippen LogP contribution in [0.5, 0.6) is 0 Å². The first kappa shape index (κ1) is 14.7. The molecular weight excluding hydrogens is 306 g/mol. The van der Waals surface area contributed by atoms with Gasteiger partial charge in [0.25, 0.3) is 5.91 Å². The van der Waals surface area contributed by atoms with Crippen molar-refractivity contribution < 1.29 is 9.53 Å². The van der Waals surface area contributed by atoms with Crippen molar-refractivity contribution in [1.29, 1.82) is 0 Å². The van der Waals surface area contributed by atoms with E-state index in [9.17, 15) is 4.79 Å². The molecule has 3 rings (SSSR count). The van der Waals surface area contributed by atoms with Gasteiger partial charge in [0.1, 0.15) is 10.1 Å². The van der Waals surface area contributed by atoms with E-state index in [0.717, 1.165) is 22.4 Å². The first-order valence-electron chi connectivity index (χ1n) is 5.76. The van der Waals surface area contributed by atoms with Gasteiger partial charge >= 0.3 is 0 Å². The summed E-state index contributed by atoms with van der Waals surface area (Å²) in [6.07, 6.45) is 1.20. The summed E-state index contributed by atoms with van der Waals surface area (Å²) in [5.41, 5.74) is 6.46. The number of ether oxygens (including phenoxy) is 1. The fraction of sp³-hybridized carbons (Fsp3) is 0.455. The van der Waals surface area contributed by atoms with Gasteiger partial charge in [0.2, 0.25) is 0 Å². The molecule has 0 spiro atoms. The Labute approximate surface area is 124 Å². The molecule has 0 aliphatic carbocycles. The van der Waals surface area contributed by atoms with Crippen molar-refractivity contribution in [3.05, 3.63) is 11.4 Å². The molecule has 0 unspecified atom stereocenters. The third kappa shape index (κ3) is 3.06. The number of thiazole rings is 1. The molecule has 0 radical (unpaired) electrons. The van der Waals surface area contributed by atoms with Gasteiger partial charge in [-0.2, -0.15) is 0 Å². The van der Waals surface area contributed by atoms with E-state index in [-0.39, 0.29) is 30.5 Å². The normalized spacial score (nSPS) is 22.4. The second kappa shape index (κ2) is 6.15. The maximum Gasteiger partial charge on any atom is 0.255 e. The lowest BCUT2D eigenvalue weighted by Crippen LogP contribution is -2.29. The lowest BCUT2D eigenvalue weighted by atomic mass is 10.2. The van der Waals surface area contributed by atoms with Crippen molar-refractivity contribution in [2.24, 2.45) is 5.73 Å². The molecule has 104 valence electrons. The van der Waals surface area contributed by atoms with E-state index in [1.165, 1.54) is 11.3 Å². The minimum Gasteiger partial charge on any atom is -0.364 e. The number of halogens is 1. The van der Waals surface area contributed by atoms with Crippen molar-refractivity contribution in [1.82, 2.24) is 4.98 Å². The molecule has 0 saturated carbocycles. The molecule has 1 amide bonds. The van der Waals surface area contributed by atoms with Crippen LogP contribution in [0.2, 0.25) is 0 Å². The van der Waals surface area contributed by atoms with Crippen LogP contribution in [0.25, 0.3) is 9.53 Å². The zero-order valence-corrected chi connectivity index (χ0v) is 12.4. The molecule has 1 saturated heterocycles. The van der Waals surface area contributed by atoms with Gasteiger partial charge in [0.15, 0.2) is 5.13 Å². The zero-order chi connectivity index (χ0) is 12.5. The van der Waals surface area contributed by atoms with E-state index in [1.807, 2.05) is 11.4 Å². The molecule has 1 fully saturated rings. The van der Waals surface area contributed by atoms with Gasteiger partial charge in [0.05, 0.1) is 11.6 Å². The SMILES string of the molecule is Cl.NC[C@H]1CC[C@@H](C(=O)Nc2nc3ccsc3s2)O1. The Morgan fingerprint density at radius 1 is 1.58 bits per heavy atom. The molecule has 0 bridgehead atoms. The molecule has 2 aromatic heterocycles. The molecule has 3 heterocycles. The summed E-state index contributed by atoms with van der Waals surface area (Å²) in [6, 6.07) is 1.95. The first-order valence-corrected chi connectivity index (χ1v) is 7.46. The molecular formula is C11H14ClN3O2S2. The van der Waals surface area contributed by atoms with E-state index < -0.39 is 0 Å². The number of rotatable bonds is 3. The van der Waals surface area contributed by atoms with E-state index in [2.05, 4.69) is 10.3 Å². The van der Waals surface area contributed by atoms with Crippen molar-refractivity contribution in [2.75, 3.05) is 11.9 Å². The van der Waals surface area contributed by atoms with Crippen LogP contribution in [0.15, 0.2) is 11.4 Å². The summed E-state index contributed by atoms with van der Waals surface area (Å²) in [4.78, 5) is 16.3. The largest absolute Gasteiger partial charge is 0.364 e. The van der Waals surface area contributed by atoms with E-state index in [4.69, 9.17) is 10.5 Å². The predicted octanol–water partition coefficient (Wildman–Crippen LogP) is 2.22. The standard InChI is InChI=1S/C11H13N3O2S2.ClH/c12-5-6-1-2-8(16-6)9(15)14-11-13-7-3-4-17-10(7)18-11;/h3-4,6,8H,1-2,5,12H2,(H,13,14,15);1H/t6-,8+;/m1./s1. The lowest BCUT2D eigenvalue weighted by molar-refractivity contribution is -0.126. The Bertz CT molecular complexity index is 543. The second-order valence-corrected chi connectivity index (χ2v) is 6.33. The summed E-state index contributed by atoms with van der Waals surface area (Å²) >= 11 is 3.12. The van der Waals surface area contributed by atoms with Gasteiger partial charge in [-0.25, -0.2) is 4.98 Å². The van der Waals surface area contributed by atoms with Crippen LogP contribution in [0.4, 0.5) is 5.13 Å². The van der Waals surface area contributed by atoms with Gasteiger partial charge < -0.3 is 10.5 Å². The van der Waals surface area contributed by atoms with Gasteiger partial charge in [0, 0.05) is 6.54 Å². The van der Waals surface area contributed by atoms with E-state index in [0.29, 0.717) is 11.7 Å². The Hall–Kier alpha value is -0.730. The molecule has 5 nitrogen and oxygen atoms in total. The highest BCUT2D eigenvalue weighted by atomic mass is 35.5. The quantitative estimate of drug-likeness (QED) is 0.909. The number of hydrogen-bond acceptors (Lipinski definition) is 6. The molecule has 0 aromatic carbocycles. The van der Waals surface area contributed by atoms with Crippen LogP contribution in [0.3, 0.4) is 0 Å². The van der Waals surface area contributed by atoms with Crippen molar-refractivity contribution in [2.45, 2.75) is 25.0 Å². The number of carbonyl (C=O) groups excluding carboxylic acids is 1. The van der Waals surface area contributed by atoms with Gasteiger partial charge in [-0.05, 0) is 24.3 Å². The molecule has 8 heteroatoms. The molecule has 1 aliphatic heterocycles. The minimum absolute atomic E-state index is 0. The summed E-state index contributed by atoms with van der Waals surface area (Å²) in [7, 11) is 0. The third-order valence-corrected chi connectivity index (χ3v) is 4.93. The van der Waals surface area contributed by atoms with Crippen LogP contribution in [-0.4, -0.2) is 29.6 Å². The fourth-order valence-electron chi connectivity index (χ4n) is 1.98. The number of nitrogens with zero attached hydrogens (tertiary/aromatic N) is 1. The summed E-state index contributed by atoms with van der Waals surface area (Å²) in [5, 5.41) is 5.45. The molecule has 2 aromatic rings. The highest BCUT2D eigenvalue weighted by Crippen LogP contribution is 2.30. The van der Waals surface area contributed by atoms with Crippen LogP contribution >= 0.6 is 35.1 Å². The van der Waals surface area contributed by atoms with Gasteiger partial charge in [-0.15, -0.1) is 23.7 Å². The number of carbonyl (C=O) groups is 1. The van der Waals surface area contributed by atoms with Crippen LogP contribution in [0, 0.1) is 0 Å². The van der Waals surface area contributed by atoms with Gasteiger partial charge in [-0.1, -0.05) is 11.3 Å². The Kier molecular flexibility index (Phi) is 4.75. The van der Waals surface area contributed by atoms with Crippen molar-refractivity contribution >= 4 is 55.6 Å². The van der Waals surface area contributed by atoms with Crippen LogP contribution in [0.1, 0.15) is 12.8 Å². The fourth-order valence-corrected chi connectivity index (χ4v) is 3.82. The Morgan fingerprint density at radius 3 is 3.11 bits per heavy atom. The monoisotopic (exact) mass is 319 g/mol. The van der Waals surface area contributed by atoms with Crippen molar-refractivity contribution in [3.63, 3.8) is 0 Å². The lowest BCUT2D eigenvalue weighted by Gasteiger charge is -2.10. The number of aromatic nitrogens is 1.